The van der Waals surface area contributed by atoms with Crippen LogP contribution < -0.4 is 10.1 Å². The minimum atomic E-state index is -0.0464. The number of hydrogen-bond acceptors (Lipinski definition) is 5. The van der Waals surface area contributed by atoms with Crippen molar-refractivity contribution in [2.24, 2.45) is 0 Å². The third kappa shape index (κ3) is 2.55. The molecule has 1 N–H and O–H groups in total. The van der Waals surface area contributed by atoms with Gasteiger partial charge in [0.25, 0.3) is 5.91 Å². The molecule has 0 atom stereocenters. The van der Waals surface area contributed by atoms with Crippen molar-refractivity contribution in [1.29, 1.82) is 0 Å². The second kappa shape index (κ2) is 6.15. The first-order valence-corrected chi connectivity index (χ1v) is 7.28. The van der Waals surface area contributed by atoms with Crippen molar-refractivity contribution in [2.75, 3.05) is 33.3 Å². The van der Waals surface area contributed by atoms with Crippen molar-refractivity contribution < 1.29 is 9.53 Å². The van der Waals surface area contributed by atoms with Crippen molar-refractivity contribution >= 4 is 5.91 Å². The first-order chi connectivity index (χ1) is 10.7. The van der Waals surface area contributed by atoms with Gasteiger partial charge in [0, 0.05) is 26.2 Å². The van der Waals surface area contributed by atoms with Gasteiger partial charge in [-0.3, -0.25) is 4.79 Å². The number of ether oxygens (including phenoxy) is 1. The second-order valence-corrected chi connectivity index (χ2v) is 5.15. The third-order valence-electron chi connectivity index (χ3n) is 3.76. The van der Waals surface area contributed by atoms with E-state index in [0.717, 1.165) is 13.1 Å². The highest BCUT2D eigenvalue weighted by molar-refractivity contribution is 5.94. The van der Waals surface area contributed by atoms with Gasteiger partial charge in [-0.15, -0.1) is 5.10 Å². The summed E-state index contributed by atoms with van der Waals surface area (Å²) in [4.78, 5) is 14.7. The zero-order valence-corrected chi connectivity index (χ0v) is 12.7. The Morgan fingerprint density at radius 1 is 1.27 bits per heavy atom. The van der Waals surface area contributed by atoms with Gasteiger partial charge in [0.05, 0.1) is 12.8 Å². The fraction of sp³-hybridized carbons (Fsp3) is 0.400. The van der Waals surface area contributed by atoms with Gasteiger partial charge in [0.2, 0.25) is 0 Å². The van der Waals surface area contributed by atoms with Crippen LogP contribution in [-0.2, 0) is 0 Å². The smallest absolute Gasteiger partial charge is 0.274 e. The lowest BCUT2D eigenvalue weighted by atomic mass is 10.2. The van der Waals surface area contributed by atoms with Gasteiger partial charge in [0.1, 0.15) is 11.4 Å². The molecule has 0 radical (unpaired) electrons. The summed E-state index contributed by atoms with van der Waals surface area (Å²) >= 11 is 0. The van der Waals surface area contributed by atoms with Crippen LogP contribution in [0.15, 0.2) is 24.3 Å². The van der Waals surface area contributed by atoms with E-state index in [-0.39, 0.29) is 5.91 Å². The number of methoxy groups -OCH3 is 1. The first kappa shape index (κ1) is 14.5. The number of amides is 1. The summed E-state index contributed by atoms with van der Waals surface area (Å²) < 4.78 is 6.93. The number of carbonyl (C=O) groups excluding carboxylic acids is 1. The van der Waals surface area contributed by atoms with E-state index in [9.17, 15) is 4.79 Å². The van der Waals surface area contributed by atoms with Gasteiger partial charge in [0.15, 0.2) is 5.69 Å². The van der Waals surface area contributed by atoms with Crippen LogP contribution in [0.3, 0.4) is 0 Å². The van der Waals surface area contributed by atoms with E-state index in [2.05, 4.69) is 15.6 Å². The topological polar surface area (TPSA) is 72.3 Å². The molecule has 3 rings (SSSR count). The van der Waals surface area contributed by atoms with Gasteiger partial charge in [-0.2, -0.15) is 0 Å². The highest BCUT2D eigenvalue weighted by Gasteiger charge is 2.26. The fourth-order valence-electron chi connectivity index (χ4n) is 2.59. The molecule has 1 aromatic heterocycles. The number of aromatic nitrogens is 3. The number of para-hydroxylation sites is 2. The maximum absolute atomic E-state index is 12.8. The number of nitrogens with one attached hydrogen (secondary N) is 1. The Morgan fingerprint density at radius 3 is 2.73 bits per heavy atom. The molecule has 0 aliphatic carbocycles. The van der Waals surface area contributed by atoms with Crippen molar-refractivity contribution in [3.63, 3.8) is 0 Å². The van der Waals surface area contributed by atoms with Gasteiger partial charge in [-0.1, -0.05) is 17.3 Å². The lowest BCUT2D eigenvalue weighted by Crippen LogP contribution is -2.47. The highest BCUT2D eigenvalue weighted by Crippen LogP contribution is 2.24. The van der Waals surface area contributed by atoms with Crippen molar-refractivity contribution in [3.05, 3.63) is 35.7 Å². The number of aryl methyl sites for hydroxylation is 1. The number of benzene rings is 1. The molecule has 7 heteroatoms. The number of carbonyl (C=O) groups is 1. The lowest BCUT2D eigenvalue weighted by Gasteiger charge is -2.27. The van der Waals surface area contributed by atoms with E-state index in [1.165, 1.54) is 0 Å². The fourth-order valence-corrected chi connectivity index (χ4v) is 2.59. The summed E-state index contributed by atoms with van der Waals surface area (Å²) in [5.41, 5.74) is 1.82. The standard InChI is InChI=1S/C15H19N5O2/c1-11-14(15(21)19-9-7-16-8-10-19)20(18-17-11)12-5-3-4-6-13(12)22-2/h3-6,16H,7-10H2,1-2H3. The van der Waals surface area contributed by atoms with Gasteiger partial charge < -0.3 is 15.0 Å². The molecular formula is C15H19N5O2. The molecule has 1 fully saturated rings. The average Bonchev–Trinajstić information content (AvgIpc) is 2.96. The SMILES string of the molecule is COc1ccccc1-n1nnc(C)c1C(=O)N1CCNCC1. The summed E-state index contributed by atoms with van der Waals surface area (Å²) in [6.07, 6.45) is 0. The van der Waals surface area contributed by atoms with E-state index >= 15 is 0 Å². The Labute approximate surface area is 128 Å². The molecule has 1 aliphatic rings. The molecule has 0 spiro atoms. The van der Waals surface area contributed by atoms with E-state index in [0.29, 0.717) is 35.9 Å². The number of rotatable bonds is 3. The Hall–Kier alpha value is -2.41. The summed E-state index contributed by atoms with van der Waals surface area (Å²) in [7, 11) is 1.60. The second-order valence-electron chi connectivity index (χ2n) is 5.15. The summed E-state index contributed by atoms with van der Waals surface area (Å²) in [5, 5.41) is 11.5. The molecular weight excluding hydrogens is 282 g/mol. The Bertz CT molecular complexity index is 676. The molecule has 2 aromatic rings. The van der Waals surface area contributed by atoms with E-state index in [4.69, 9.17) is 4.74 Å². The van der Waals surface area contributed by atoms with Gasteiger partial charge in [-0.25, -0.2) is 4.68 Å². The number of nitrogens with zero attached hydrogens (tertiary/aromatic N) is 4. The zero-order valence-electron chi connectivity index (χ0n) is 12.7. The first-order valence-electron chi connectivity index (χ1n) is 7.28. The number of piperazine rings is 1. The lowest BCUT2D eigenvalue weighted by molar-refractivity contribution is 0.0725. The summed E-state index contributed by atoms with van der Waals surface area (Å²) in [6, 6.07) is 7.46. The quantitative estimate of drug-likeness (QED) is 0.900. The van der Waals surface area contributed by atoms with Gasteiger partial charge in [-0.05, 0) is 19.1 Å². The molecule has 2 heterocycles. The van der Waals surface area contributed by atoms with Crippen LogP contribution in [0.1, 0.15) is 16.2 Å². The normalized spacial score (nSPS) is 14.9. The van der Waals surface area contributed by atoms with Crippen molar-refractivity contribution in [2.45, 2.75) is 6.92 Å². The molecule has 116 valence electrons. The molecule has 22 heavy (non-hydrogen) atoms. The Balaban J connectivity index is 2.02. The summed E-state index contributed by atoms with van der Waals surface area (Å²) in [6.45, 7) is 4.79. The van der Waals surface area contributed by atoms with Gasteiger partial charge >= 0.3 is 0 Å². The third-order valence-corrected chi connectivity index (χ3v) is 3.76. The maximum atomic E-state index is 12.8. The predicted molar refractivity (Wildman–Crippen MR) is 81.4 cm³/mol. The average molecular weight is 301 g/mol. The number of hydrogen-bond donors (Lipinski definition) is 1. The van der Waals surface area contributed by atoms with Crippen LogP contribution in [0.2, 0.25) is 0 Å². The Morgan fingerprint density at radius 2 is 2.00 bits per heavy atom. The molecule has 0 unspecified atom stereocenters. The predicted octanol–water partition coefficient (Wildman–Crippen LogP) is 0.630. The molecule has 0 saturated carbocycles. The molecule has 1 amide bonds. The minimum Gasteiger partial charge on any atom is -0.494 e. The van der Waals surface area contributed by atoms with Crippen LogP contribution in [0, 0.1) is 6.92 Å². The van der Waals surface area contributed by atoms with Crippen LogP contribution >= 0.6 is 0 Å². The van der Waals surface area contributed by atoms with Crippen LogP contribution in [0.25, 0.3) is 5.69 Å². The van der Waals surface area contributed by atoms with E-state index in [1.54, 1.807) is 18.7 Å². The Kier molecular flexibility index (Phi) is 4.06. The van der Waals surface area contributed by atoms with Crippen molar-refractivity contribution in [1.82, 2.24) is 25.2 Å². The summed E-state index contributed by atoms with van der Waals surface area (Å²) in [5.74, 6) is 0.608. The molecule has 1 aliphatic heterocycles. The van der Waals surface area contributed by atoms with Crippen LogP contribution in [0.5, 0.6) is 5.75 Å². The largest absolute Gasteiger partial charge is 0.494 e. The van der Waals surface area contributed by atoms with Crippen molar-refractivity contribution in [3.8, 4) is 11.4 Å². The molecule has 1 saturated heterocycles. The molecule has 1 aromatic carbocycles. The monoisotopic (exact) mass is 301 g/mol. The minimum absolute atomic E-state index is 0.0464. The van der Waals surface area contributed by atoms with Crippen LogP contribution in [-0.4, -0.2) is 59.1 Å². The van der Waals surface area contributed by atoms with Crippen LogP contribution in [0.4, 0.5) is 0 Å². The molecule has 0 bridgehead atoms. The maximum Gasteiger partial charge on any atom is 0.274 e. The van der Waals surface area contributed by atoms with E-state index in [1.807, 2.05) is 29.2 Å². The molecule has 7 nitrogen and oxygen atoms in total. The highest BCUT2D eigenvalue weighted by atomic mass is 16.5. The van der Waals surface area contributed by atoms with E-state index < -0.39 is 0 Å². The zero-order chi connectivity index (χ0) is 15.5.